The first-order chi connectivity index (χ1) is 9.72. The molecule has 0 aliphatic carbocycles. The van der Waals surface area contributed by atoms with Crippen molar-refractivity contribution in [1.82, 2.24) is 10.2 Å². The molecule has 5 heteroatoms. The standard InChI is InChI=1S/C16H22N2O2.ClH/c19-15-5-3-12-7-9-18(11-13(12)10-15)16(20)6-4-14-2-1-8-17-14;/h3,5,10,14,17,19H,1-2,4,6-9,11H2;1H. The van der Waals surface area contributed by atoms with Crippen molar-refractivity contribution in [2.24, 2.45) is 0 Å². The summed E-state index contributed by atoms with van der Waals surface area (Å²) in [5.41, 5.74) is 2.34. The highest BCUT2D eigenvalue weighted by Gasteiger charge is 2.22. The van der Waals surface area contributed by atoms with Crippen LogP contribution in [0.25, 0.3) is 0 Å². The molecule has 1 aromatic rings. The van der Waals surface area contributed by atoms with Crippen LogP contribution in [0.15, 0.2) is 18.2 Å². The van der Waals surface area contributed by atoms with E-state index in [9.17, 15) is 9.90 Å². The van der Waals surface area contributed by atoms with Gasteiger partial charge in [0.05, 0.1) is 0 Å². The second-order valence-corrected chi connectivity index (χ2v) is 5.85. The molecule has 1 saturated heterocycles. The number of nitrogens with one attached hydrogen (secondary N) is 1. The predicted octanol–water partition coefficient (Wildman–Crippen LogP) is 2.23. The fourth-order valence-electron chi connectivity index (χ4n) is 3.22. The summed E-state index contributed by atoms with van der Waals surface area (Å²) < 4.78 is 0. The van der Waals surface area contributed by atoms with Crippen LogP contribution in [0, 0.1) is 0 Å². The van der Waals surface area contributed by atoms with Gasteiger partial charge in [-0.3, -0.25) is 4.79 Å². The number of amides is 1. The summed E-state index contributed by atoms with van der Waals surface area (Å²) in [6.45, 7) is 2.53. The molecular weight excluding hydrogens is 288 g/mol. The van der Waals surface area contributed by atoms with E-state index in [1.165, 1.54) is 18.4 Å². The van der Waals surface area contributed by atoms with Crippen LogP contribution in [0.3, 0.4) is 0 Å². The Bertz CT molecular complexity index is 501. The molecule has 0 aromatic heterocycles. The van der Waals surface area contributed by atoms with E-state index in [-0.39, 0.29) is 24.1 Å². The van der Waals surface area contributed by atoms with Crippen LogP contribution in [0.4, 0.5) is 0 Å². The zero-order valence-electron chi connectivity index (χ0n) is 12.2. The lowest BCUT2D eigenvalue weighted by molar-refractivity contribution is -0.132. The maximum atomic E-state index is 12.3. The van der Waals surface area contributed by atoms with E-state index in [1.807, 2.05) is 11.0 Å². The lowest BCUT2D eigenvalue weighted by Crippen LogP contribution is -2.36. The number of benzene rings is 1. The Balaban J connectivity index is 0.00000161. The minimum Gasteiger partial charge on any atom is -0.508 e. The van der Waals surface area contributed by atoms with Crippen molar-refractivity contribution in [2.75, 3.05) is 13.1 Å². The maximum Gasteiger partial charge on any atom is 0.222 e. The van der Waals surface area contributed by atoms with Gasteiger partial charge in [-0.25, -0.2) is 0 Å². The Morgan fingerprint density at radius 3 is 3.00 bits per heavy atom. The van der Waals surface area contributed by atoms with Crippen molar-refractivity contribution >= 4 is 18.3 Å². The zero-order valence-corrected chi connectivity index (χ0v) is 13.0. The van der Waals surface area contributed by atoms with Crippen LogP contribution in [-0.4, -0.2) is 35.0 Å². The third kappa shape index (κ3) is 3.89. The number of hydrogen-bond donors (Lipinski definition) is 2. The van der Waals surface area contributed by atoms with Gasteiger partial charge in [-0.1, -0.05) is 6.07 Å². The van der Waals surface area contributed by atoms with E-state index < -0.39 is 0 Å². The van der Waals surface area contributed by atoms with Gasteiger partial charge in [0, 0.05) is 25.6 Å². The Kier molecular flexibility index (Phi) is 5.48. The van der Waals surface area contributed by atoms with Crippen molar-refractivity contribution in [3.8, 4) is 5.75 Å². The van der Waals surface area contributed by atoms with Crippen molar-refractivity contribution in [3.05, 3.63) is 29.3 Å². The summed E-state index contributed by atoms with van der Waals surface area (Å²) in [6.07, 6.45) is 4.90. The summed E-state index contributed by atoms with van der Waals surface area (Å²) in [7, 11) is 0. The number of rotatable bonds is 3. The van der Waals surface area contributed by atoms with Gasteiger partial charge < -0.3 is 15.3 Å². The lowest BCUT2D eigenvalue weighted by atomic mass is 9.99. The normalized spacial score (nSPS) is 20.8. The van der Waals surface area contributed by atoms with Crippen molar-refractivity contribution in [2.45, 2.75) is 44.7 Å². The highest BCUT2D eigenvalue weighted by molar-refractivity contribution is 5.85. The summed E-state index contributed by atoms with van der Waals surface area (Å²) in [5.74, 6) is 0.529. The van der Waals surface area contributed by atoms with Gasteiger partial charge in [-0.2, -0.15) is 0 Å². The fraction of sp³-hybridized carbons (Fsp3) is 0.562. The van der Waals surface area contributed by atoms with Crippen molar-refractivity contribution in [3.63, 3.8) is 0 Å². The molecule has 116 valence electrons. The van der Waals surface area contributed by atoms with Crippen molar-refractivity contribution in [1.29, 1.82) is 0 Å². The minimum absolute atomic E-state index is 0. The molecule has 21 heavy (non-hydrogen) atoms. The number of hydrogen-bond acceptors (Lipinski definition) is 3. The van der Waals surface area contributed by atoms with Crippen molar-refractivity contribution < 1.29 is 9.90 Å². The van der Waals surface area contributed by atoms with E-state index in [0.717, 1.165) is 31.5 Å². The molecule has 0 saturated carbocycles. The van der Waals surface area contributed by atoms with E-state index in [0.29, 0.717) is 19.0 Å². The Labute approximate surface area is 131 Å². The molecule has 2 N–H and O–H groups in total. The van der Waals surface area contributed by atoms with Gasteiger partial charge in [0.15, 0.2) is 0 Å². The molecule has 2 aliphatic rings. The van der Waals surface area contributed by atoms with Crippen LogP contribution in [0.5, 0.6) is 5.75 Å². The van der Waals surface area contributed by atoms with E-state index in [4.69, 9.17) is 0 Å². The number of phenolic OH excluding ortho intramolecular Hbond substituents is 1. The highest BCUT2D eigenvalue weighted by Crippen LogP contribution is 2.24. The van der Waals surface area contributed by atoms with E-state index in [1.54, 1.807) is 12.1 Å². The van der Waals surface area contributed by atoms with Gasteiger partial charge >= 0.3 is 0 Å². The monoisotopic (exact) mass is 310 g/mol. The number of phenols is 1. The average Bonchev–Trinajstić information content (AvgIpc) is 2.97. The molecule has 0 radical (unpaired) electrons. The first kappa shape index (κ1) is 16.1. The molecule has 1 unspecified atom stereocenters. The van der Waals surface area contributed by atoms with Gasteiger partial charge in [-0.15, -0.1) is 12.4 Å². The summed E-state index contributed by atoms with van der Waals surface area (Å²) >= 11 is 0. The second kappa shape index (κ2) is 7.14. The Morgan fingerprint density at radius 2 is 2.24 bits per heavy atom. The molecule has 1 amide bonds. The fourth-order valence-corrected chi connectivity index (χ4v) is 3.22. The topological polar surface area (TPSA) is 52.6 Å². The average molecular weight is 311 g/mol. The molecule has 1 fully saturated rings. The predicted molar refractivity (Wildman–Crippen MR) is 84.7 cm³/mol. The number of carbonyl (C=O) groups excluding carboxylic acids is 1. The van der Waals surface area contributed by atoms with E-state index in [2.05, 4.69) is 5.32 Å². The molecule has 1 aromatic carbocycles. The van der Waals surface area contributed by atoms with Gasteiger partial charge in [0.1, 0.15) is 5.75 Å². The zero-order chi connectivity index (χ0) is 13.9. The molecule has 4 nitrogen and oxygen atoms in total. The highest BCUT2D eigenvalue weighted by atomic mass is 35.5. The molecule has 0 spiro atoms. The number of nitrogens with zero attached hydrogens (tertiary/aromatic N) is 1. The first-order valence-electron chi connectivity index (χ1n) is 7.54. The molecule has 1 atom stereocenters. The van der Waals surface area contributed by atoms with Gasteiger partial charge in [0.25, 0.3) is 0 Å². The molecule has 2 aliphatic heterocycles. The minimum atomic E-state index is 0. The summed E-state index contributed by atoms with van der Waals surface area (Å²) in [4.78, 5) is 14.2. The maximum absolute atomic E-state index is 12.3. The smallest absolute Gasteiger partial charge is 0.222 e. The largest absolute Gasteiger partial charge is 0.508 e. The summed E-state index contributed by atoms with van der Waals surface area (Å²) in [5, 5.41) is 13.0. The number of fused-ring (bicyclic) bond motifs is 1. The SMILES string of the molecule is Cl.O=C(CCC1CCCN1)N1CCc2ccc(O)cc2C1. The number of halogens is 1. The van der Waals surface area contributed by atoms with Gasteiger partial charge in [0.2, 0.25) is 5.91 Å². The van der Waals surface area contributed by atoms with Crippen LogP contribution in [-0.2, 0) is 17.8 Å². The van der Waals surface area contributed by atoms with Crippen LogP contribution in [0.1, 0.15) is 36.8 Å². The lowest BCUT2D eigenvalue weighted by Gasteiger charge is -2.29. The third-order valence-corrected chi connectivity index (χ3v) is 4.42. The molecule has 0 bridgehead atoms. The third-order valence-electron chi connectivity index (χ3n) is 4.42. The van der Waals surface area contributed by atoms with Crippen LogP contribution >= 0.6 is 12.4 Å². The quantitative estimate of drug-likeness (QED) is 0.900. The van der Waals surface area contributed by atoms with Gasteiger partial charge in [-0.05, 0) is 55.5 Å². The molecule has 2 heterocycles. The molecular formula is C16H23ClN2O2. The van der Waals surface area contributed by atoms with Crippen LogP contribution in [0.2, 0.25) is 0 Å². The van der Waals surface area contributed by atoms with E-state index >= 15 is 0 Å². The number of aromatic hydroxyl groups is 1. The van der Waals surface area contributed by atoms with Crippen LogP contribution < -0.4 is 5.32 Å². The first-order valence-corrected chi connectivity index (χ1v) is 7.54. The second-order valence-electron chi connectivity index (χ2n) is 5.85. The summed E-state index contributed by atoms with van der Waals surface area (Å²) in [6, 6.07) is 6.00. The number of carbonyl (C=O) groups is 1. The molecule has 3 rings (SSSR count). The Morgan fingerprint density at radius 1 is 1.38 bits per heavy atom. The Hall–Kier alpha value is -1.26.